The van der Waals surface area contributed by atoms with Gasteiger partial charge in [0.05, 0.1) is 12.5 Å². The molecular weight excluding hydrogens is 130 g/mol. The maximum atomic E-state index is 11.0. The van der Waals surface area contributed by atoms with Gasteiger partial charge < -0.3 is 10.1 Å². The molecule has 0 aromatic heterocycles. The number of hydrogen-bond acceptors (Lipinski definition) is 3. The number of rotatable bonds is 2. The van der Waals surface area contributed by atoms with E-state index in [-0.39, 0.29) is 11.9 Å². The van der Waals surface area contributed by atoms with Gasteiger partial charge in [-0.3, -0.25) is 4.79 Å². The standard InChI is InChI=1S/C7H11NO2/c1-2-10-7(9)5-4-3-8-6(4)5/h4-6,8H,2-3H2,1H3. The number of carbonyl (C=O) groups excluding carboxylic acids is 1. The summed E-state index contributed by atoms with van der Waals surface area (Å²) in [6.45, 7) is 3.36. The third-order valence-corrected chi connectivity index (χ3v) is 2.32. The van der Waals surface area contributed by atoms with Gasteiger partial charge in [-0.05, 0) is 6.92 Å². The lowest BCUT2D eigenvalue weighted by Crippen LogP contribution is -2.32. The van der Waals surface area contributed by atoms with Crippen LogP contribution in [0.3, 0.4) is 0 Å². The zero-order valence-electron chi connectivity index (χ0n) is 5.96. The largest absolute Gasteiger partial charge is 0.466 e. The van der Waals surface area contributed by atoms with E-state index in [1.165, 1.54) is 0 Å². The van der Waals surface area contributed by atoms with Gasteiger partial charge in [-0.25, -0.2) is 0 Å². The zero-order chi connectivity index (χ0) is 7.14. The van der Waals surface area contributed by atoms with Crippen molar-refractivity contribution in [2.24, 2.45) is 11.8 Å². The molecule has 3 unspecified atom stereocenters. The first-order valence-electron chi connectivity index (χ1n) is 3.74. The Morgan fingerprint density at radius 2 is 2.50 bits per heavy atom. The van der Waals surface area contributed by atoms with Gasteiger partial charge in [-0.2, -0.15) is 0 Å². The molecule has 0 amide bonds. The maximum absolute atomic E-state index is 11.0. The van der Waals surface area contributed by atoms with Crippen LogP contribution in [0.2, 0.25) is 0 Å². The van der Waals surface area contributed by atoms with Crippen LogP contribution < -0.4 is 5.32 Å². The van der Waals surface area contributed by atoms with E-state index in [1.807, 2.05) is 6.92 Å². The molecule has 0 bridgehead atoms. The Kier molecular flexibility index (Phi) is 1.20. The minimum atomic E-state index is -0.0116. The molecular formula is C7H11NO2. The molecule has 3 nitrogen and oxygen atoms in total. The molecule has 1 aliphatic carbocycles. The van der Waals surface area contributed by atoms with Gasteiger partial charge in [0.25, 0.3) is 0 Å². The van der Waals surface area contributed by atoms with E-state index in [0.29, 0.717) is 18.6 Å². The SMILES string of the molecule is CCOC(=O)C1C2CNC21. The van der Waals surface area contributed by atoms with Crippen LogP contribution in [0.4, 0.5) is 0 Å². The molecule has 1 saturated heterocycles. The van der Waals surface area contributed by atoms with Crippen molar-refractivity contribution < 1.29 is 9.53 Å². The highest BCUT2D eigenvalue weighted by Gasteiger charge is 2.61. The number of fused-ring (bicyclic) bond motifs is 1. The highest BCUT2D eigenvalue weighted by molar-refractivity contribution is 5.78. The first kappa shape index (κ1) is 6.16. The monoisotopic (exact) mass is 141 g/mol. The predicted molar refractivity (Wildman–Crippen MR) is 35.4 cm³/mol. The van der Waals surface area contributed by atoms with Crippen LogP contribution in [-0.2, 0) is 9.53 Å². The highest BCUT2D eigenvalue weighted by Crippen LogP contribution is 2.45. The van der Waals surface area contributed by atoms with Crippen molar-refractivity contribution in [1.82, 2.24) is 5.32 Å². The van der Waals surface area contributed by atoms with Crippen LogP contribution in [0.15, 0.2) is 0 Å². The van der Waals surface area contributed by atoms with Crippen molar-refractivity contribution in [3.63, 3.8) is 0 Å². The fourth-order valence-corrected chi connectivity index (χ4v) is 1.58. The van der Waals surface area contributed by atoms with E-state index in [4.69, 9.17) is 4.74 Å². The predicted octanol–water partition coefficient (Wildman–Crippen LogP) is -0.233. The Morgan fingerprint density at radius 1 is 1.80 bits per heavy atom. The molecule has 10 heavy (non-hydrogen) atoms. The summed E-state index contributed by atoms with van der Waals surface area (Å²) in [6.07, 6.45) is 0. The summed E-state index contributed by atoms with van der Waals surface area (Å²) in [4.78, 5) is 11.0. The molecule has 3 atom stereocenters. The Balaban J connectivity index is 1.84. The Hall–Kier alpha value is -0.570. The summed E-state index contributed by atoms with van der Waals surface area (Å²) in [7, 11) is 0. The van der Waals surface area contributed by atoms with Gasteiger partial charge in [0.1, 0.15) is 0 Å². The third kappa shape index (κ3) is 0.669. The average Bonchev–Trinajstić information content (AvgIpc) is 2.34. The van der Waals surface area contributed by atoms with Gasteiger partial charge in [0.2, 0.25) is 0 Å². The van der Waals surface area contributed by atoms with Crippen LogP contribution >= 0.6 is 0 Å². The minimum absolute atomic E-state index is 0.0116. The number of esters is 1. The van der Waals surface area contributed by atoms with Crippen molar-refractivity contribution in [2.75, 3.05) is 13.2 Å². The van der Waals surface area contributed by atoms with E-state index in [9.17, 15) is 4.79 Å². The van der Waals surface area contributed by atoms with E-state index >= 15 is 0 Å². The molecule has 0 aromatic rings. The number of ether oxygens (including phenoxy) is 1. The first-order chi connectivity index (χ1) is 4.84. The molecule has 56 valence electrons. The Labute approximate surface area is 59.7 Å². The Morgan fingerprint density at radius 3 is 2.90 bits per heavy atom. The Bertz CT molecular complexity index is 159. The second kappa shape index (κ2) is 1.95. The fraction of sp³-hybridized carbons (Fsp3) is 0.857. The lowest BCUT2D eigenvalue weighted by molar-refractivity contribution is -0.144. The van der Waals surface area contributed by atoms with Gasteiger partial charge in [0, 0.05) is 18.5 Å². The lowest BCUT2D eigenvalue weighted by Gasteiger charge is -2.08. The number of hydrogen-bond donors (Lipinski definition) is 1. The molecule has 2 rings (SSSR count). The second-order valence-corrected chi connectivity index (χ2v) is 2.88. The smallest absolute Gasteiger partial charge is 0.310 e. The number of nitrogens with one attached hydrogen (secondary N) is 1. The van der Waals surface area contributed by atoms with Crippen molar-refractivity contribution in [3.8, 4) is 0 Å². The van der Waals surface area contributed by atoms with Gasteiger partial charge >= 0.3 is 5.97 Å². The van der Waals surface area contributed by atoms with Crippen LogP contribution in [-0.4, -0.2) is 25.2 Å². The normalized spacial score (nSPS) is 41.5. The quantitative estimate of drug-likeness (QED) is 0.540. The molecule has 2 aliphatic rings. The molecule has 3 heteroatoms. The van der Waals surface area contributed by atoms with Crippen molar-refractivity contribution in [1.29, 1.82) is 0 Å². The van der Waals surface area contributed by atoms with E-state index in [2.05, 4.69) is 5.32 Å². The summed E-state index contributed by atoms with van der Waals surface area (Å²) in [5, 5.41) is 3.17. The van der Waals surface area contributed by atoms with E-state index in [0.717, 1.165) is 6.54 Å². The molecule has 1 aliphatic heterocycles. The summed E-state index contributed by atoms with van der Waals surface area (Å²) in [5.41, 5.74) is 0. The fourth-order valence-electron chi connectivity index (χ4n) is 1.58. The van der Waals surface area contributed by atoms with Gasteiger partial charge in [0.15, 0.2) is 0 Å². The maximum Gasteiger partial charge on any atom is 0.310 e. The van der Waals surface area contributed by atoms with Crippen molar-refractivity contribution >= 4 is 5.97 Å². The van der Waals surface area contributed by atoms with Crippen LogP contribution in [0.25, 0.3) is 0 Å². The molecule has 1 N–H and O–H groups in total. The van der Waals surface area contributed by atoms with Gasteiger partial charge in [-0.15, -0.1) is 0 Å². The summed E-state index contributed by atoms with van der Waals surface area (Å²) >= 11 is 0. The molecule has 2 fully saturated rings. The topological polar surface area (TPSA) is 38.3 Å². The average molecular weight is 141 g/mol. The van der Waals surface area contributed by atoms with Crippen molar-refractivity contribution in [3.05, 3.63) is 0 Å². The zero-order valence-corrected chi connectivity index (χ0v) is 5.96. The van der Waals surface area contributed by atoms with E-state index < -0.39 is 0 Å². The van der Waals surface area contributed by atoms with Crippen LogP contribution in [0, 0.1) is 11.8 Å². The van der Waals surface area contributed by atoms with Crippen LogP contribution in [0.5, 0.6) is 0 Å². The molecule has 1 saturated carbocycles. The molecule has 0 spiro atoms. The van der Waals surface area contributed by atoms with Crippen LogP contribution in [0.1, 0.15) is 6.92 Å². The second-order valence-electron chi connectivity index (χ2n) is 2.88. The summed E-state index contributed by atoms with van der Waals surface area (Å²) < 4.78 is 4.87. The minimum Gasteiger partial charge on any atom is -0.466 e. The van der Waals surface area contributed by atoms with Crippen molar-refractivity contribution in [2.45, 2.75) is 13.0 Å². The van der Waals surface area contributed by atoms with Gasteiger partial charge in [-0.1, -0.05) is 0 Å². The highest BCUT2D eigenvalue weighted by atomic mass is 16.5. The first-order valence-corrected chi connectivity index (χ1v) is 3.74. The number of carbonyl (C=O) groups is 1. The summed E-state index contributed by atoms with van der Waals surface area (Å²) in [5.74, 6) is 0.793. The summed E-state index contributed by atoms with van der Waals surface area (Å²) in [6, 6.07) is 0.471. The molecule has 0 radical (unpaired) electrons. The lowest BCUT2D eigenvalue weighted by atomic mass is 10.3. The molecule has 1 heterocycles. The molecule has 0 aromatic carbocycles. The van der Waals surface area contributed by atoms with E-state index in [1.54, 1.807) is 0 Å². The third-order valence-electron chi connectivity index (χ3n) is 2.32.